The van der Waals surface area contributed by atoms with E-state index in [1.54, 1.807) is 41.1 Å². The Hall–Kier alpha value is -2.66. The van der Waals surface area contributed by atoms with Gasteiger partial charge in [0.25, 0.3) is 5.91 Å². The van der Waals surface area contributed by atoms with E-state index in [-0.39, 0.29) is 11.3 Å². The highest BCUT2D eigenvalue weighted by Crippen LogP contribution is 2.29. The fourth-order valence-corrected chi connectivity index (χ4v) is 3.15. The molecule has 0 spiro atoms. The second kappa shape index (κ2) is 7.70. The topological polar surface area (TPSA) is 51.2 Å². The van der Waals surface area contributed by atoms with Gasteiger partial charge in [-0.2, -0.15) is 0 Å². The molecular formula is C21H22N2O2S. The number of nitrogens with zero attached hydrogens (tertiary/aromatic N) is 1. The van der Waals surface area contributed by atoms with Gasteiger partial charge in [-0.3, -0.25) is 4.79 Å². The normalized spacial score (nSPS) is 11.2. The Balaban J connectivity index is 1.67. The number of nitrogens with one attached hydrogen (secondary N) is 1. The first-order valence-electron chi connectivity index (χ1n) is 8.44. The van der Waals surface area contributed by atoms with Crippen molar-refractivity contribution in [3.05, 3.63) is 76.2 Å². The number of hydrogen-bond donors (Lipinski definition) is 1. The second-order valence-corrected chi connectivity index (χ2v) is 7.76. The highest BCUT2D eigenvalue weighted by molar-refractivity contribution is 7.07. The lowest BCUT2D eigenvalue weighted by Crippen LogP contribution is -2.18. The zero-order chi connectivity index (χ0) is 18.6. The van der Waals surface area contributed by atoms with Gasteiger partial charge in [0.15, 0.2) is 0 Å². The molecule has 0 aliphatic rings. The van der Waals surface area contributed by atoms with Crippen molar-refractivity contribution in [3.8, 4) is 5.75 Å². The summed E-state index contributed by atoms with van der Waals surface area (Å²) in [6.45, 7) is 6.82. The Morgan fingerprint density at radius 2 is 1.85 bits per heavy atom. The SMILES string of the molecule is CC(C)(C)c1ccccc1NC(=O)c1ccc(OCc2cscn2)cc1. The number of benzene rings is 2. The van der Waals surface area contributed by atoms with E-state index in [0.717, 1.165) is 16.9 Å². The predicted octanol–water partition coefficient (Wildman–Crippen LogP) is 5.27. The number of amides is 1. The second-order valence-electron chi connectivity index (χ2n) is 7.04. The molecule has 0 aliphatic carbocycles. The van der Waals surface area contributed by atoms with E-state index >= 15 is 0 Å². The van der Waals surface area contributed by atoms with Gasteiger partial charge >= 0.3 is 0 Å². The highest BCUT2D eigenvalue weighted by atomic mass is 32.1. The first kappa shape index (κ1) is 18.1. The summed E-state index contributed by atoms with van der Waals surface area (Å²) >= 11 is 1.54. The standard InChI is InChI=1S/C21H22N2O2S/c1-21(2,3)18-6-4-5-7-19(18)23-20(24)15-8-10-17(11-9-15)25-12-16-13-26-14-22-16/h4-11,13-14H,12H2,1-3H3,(H,23,24). The number of carbonyl (C=O) groups is 1. The summed E-state index contributed by atoms with van der Waals surface area (Å²) in [6.07, 6.45) is 0. The minimum absolute atomic E-state index is 0.0444. The quantitative estimate of drug-likeness (QED) is 0.669. The minimum Gasteiger partial charge on any atom is -0.487 e. The van der Waals surface area contributed by atoms with E-state index in [1.807, 2.05) is 29.6 Å². The van der Waals surface area contributed by atoms with Gasteiger partial charge in [-0.1, -0.05) is 39.0 Å². The minimum atomic E-state index is -0.132. The van der Waals surface area contributed by atoms with Crippen LogP contribution in [0.1, 0.15) is 42.4 Å². The number of hydrogen-bond acceptors (Lipinski definition) is 4. The molecule has 0 radical (unpaired) electrons. The van der Waals surface area contributed by atoms with Gasteiger partial charge in [-0.15, -0.1) is 11.3 Å². The summed E-state index contributed by atoms with van der Waals surface area (Å²) in [7, 11) is 0. The van der Waals surface area contributed by atoms with Crippen LogP contribution in [0, 0.1) is 0 Å². The summed E-state index contributed by atoms with van der Waals surface area (Å²) < 4.78 is 5.68. The summed E-state index contributed by atoms with van der Waals surface area (Å²) in [6, 6.07) is 15.0. The van der Waals surface area contributed by atoms with Crippen LogP contribution in [-0.2, 0) is 12.0 Å². The lowest BCUT2D eigenvalue weighted by atomic mass is 9.86. The maximum atomic E-state index is 12.6. The van der Waals surface area contributed by atoms with Crippen molar-refractivity contribution in [2.75, 3.05) is 5.32 Å². The maximum Gasteiger partial charge on any atom is 0.255 e. The van der Waals surface area contributed by atoms with Crippen LogP contribution in [0.5, 0.6) is 5.75 Å². The smallest absolute Gasteiger partial charge is 0.255 e. The molecule has 0 bridgehead atoms. The number of aromatic nitrogens is 1. The third kappa shape index (κ3) is 4.49. The molecule has 1 N–H and O–H groups in total. The van der Waals surface area contributed by atoms with Gasteiger partial charge < -0.3 is 10.1 Å². The van der Waals surface area contributed by atoms with Crippen LogP contribution >= 0.6 is 11.3 Å². The average Bonchev–Trinajstić information content (AvgIpc) is 3.13. The van der Waals surface area contributed by atoms with Gasteiger partial charge in [-0.25, -0.2) is 4.98 Å². The molecule has 5 heteroatoms. The Morgan fingerprint density at radius 1 is 1.12 bits per heavy atom. The van der Waals surface area contributed by atoms with Crippen LogP contribution in [-0.4, -0.2) is 10.9 Å². The lowest BCUT2D eigenvalue weighted by molar-refractivity contribution is 0.102. The fraction of sp³-hybridized carbons (Fsp3) is 0.238. The zero-order valence-corrected chi connectivity index (χ0v) is 16.0. The molecule has 4 nitrogen and oxygen atoms in total. The van der Waals surface area contributed by atoms with Crippen LogP contribution in [0.4, 0.5) is 5.69 Å². The number of carbonyl (C=O) groups excluding carboxylic acids is 1. The maximum absolute atomic E-state index is 12.6. The summed E-state index contributed by atoms with van der Waals surface area (Å²) in [5.41, 5.74) is 5.18. The Labute approximate surface area is 157 Å². The largest absolute Gasteiger partial charge is 0.487 e. The van der Waals surface area contributed by atoms with Crippen molar-refractivity contribution < 1.29 is 9.53 Å². The van der Waals surface area contributed by atoms with E-state index in [1.165, 1.54) is 0 Å². The molecule has 0 saturated heterocycles. The molecule has 134 valence electrons. The Kier molecular flexibility index (Phi) is 5.38. The molecule has 3 rings (SSSR count). The Morgan fingerprint density at radius 3 is 2.50 bits per heavy atom. The van der Waals surface area contributed by atoms with Crippen molar-refractivity contribution in [3.63, 3.8) is 0 Å². The summed E-state index contributed by atoms with van der Waals surface area (Å²) in [5.74, 6) is 0.581. The van der Waals surface area contributed by atoms with Crippen molar-refractivity contribution in [2.24, 2.45) is 0 Å². The number of para-hydroxylation sites is 1. The Bertz CT molecular complexity index is 866. The van der Waals surface area contributed by atoms with Crippen molar-refractivity contribution in [2.45, 2.75) is 32.8 Å². The van der Waals surface area contributed by atoms with Crippen LogP contribution in [0.15, 0.2) is 59.4 Å². The van der Waals surface area contributed by atoms with E-state index < -0.39 is 0 Å². The monoisotopic (exact) mass is 366 g/mol. The molecule has 2 aromatic carbocycles. The molecule has 0 atom stereocenters. The van der Waals surface area contributed by atoms with E-state index in [4.69, 9.17) is 4.74 Å². The summed E-state index contributed by atoms with van der Waals surface area (Å²) in [5, 5.41) is 4.97. The number of rotatable bonds is 5. The lowest BCUT2D eigenvalue weighted by Gasteiger charge is -2.23. The van der Waals surface area contributed by atoms with Crippen molar-refractivity contribution in [1.29, 1.82) is 0 Å². The van der Waals surface area contributed by atoms with Gasteiger partial charge in [0.05, 0.1) is 11.2 Å². The van der Waals surface area contributed by atoms with Gasteiger partial charge in [0.2, 0.25) is 0 Å². The molecule has 0 saturated carbocycles. The van der Waals surface area contributed by atoms with E-state index in [2.05, 4.69) is 31.1 Å². The van der Waals surface area contributed by atoms with Gasteiger partial charge in [-0.05, 0) is 41.3 Å². The highest BCUT2D eigenvalue weighted by Gasteiger charge is 2.18. The van der Waals surface area contributed by atoms with Gasteiger partial charge in [0.1, 0.15) is 12.4 Å². The first-order valence-corrected chi connectivity index (χ1v) is 9.38. The van der Waals surface area contributed by atoms with Crippen LogP contribution < -0.4 is 10.1 Å². The molecule has 26 heavy (non-hydrogen) atoms. The van der Waals surface area contributed by atoms with Crippen molar-refractivity contribution >= 4 is 22.9 Å². The van der Waals surface area contributed by atoms with Crippen LogP contribution in [0.3, 0.4) is 0 Å². The molecule has 0 aliphatic heterocycles. The zero-order valence-electron chi connectivity index (χ0n) is 15.2. The van der Waals surface area contributed by atoms with E-state index in [9.17, 15) is 4.79 Å². The predicted molar refractivity (Wildman–Crippen MR) is 106 cm³/mol. The molecule has 1 amide bonds. The average molecular weight is 366 g/mol. The molecule has 0 fully saturated rings. The van der Waals surface area contributed by atoms with Gasteiger partial charge in [0, 0.05) is 16.6 Å². The van der Waals surface area contributed by atoms with Crippen LogP contribution in [0.25, 0.3) is 0 Å². The summed E-state index contributed by atoms with van der Waals surface area (Å²) in [4.78, 5) is 16.8. The van der Waals surface area contributed by atoms with E-state index in [0.29, 0.717) is 17.9 Å². The number of anilines is 1. The third-order valence-electron chi connectivity index (χ3n) is 3.97. The third-order valence-corrected chi connectivity index (χ3v) is 4.61. The first-order chi connectivity index (χ1) is 12.4. The molecule has 1 aromatic heterocycles. The molecule has 1 heterocycles. The van der Waals surface area contributed by atoms with Crippen LogP contribution in [0.2, 0.25) is 0 Å². The molecule has 0 unspecified atom stereocenters. The van der Waals surface area contributed by atoms with Crippen molar-refractivity contribution in [1.82, 2.24) is 4.98 Å². The fourth-order valence-electron chi connectivity index (χ4n) is 2.61. The number of thiazole rings is 1. The molecule has 3 aromatic rings. The number of ether oxygens (including phenoxy) is 1. The molecular weight excluding hydrogens is 344 g/mol.